The third kappa shape index (κ3) is 2.08. The van der Waals surface area contributed by atoms with Crippen molar-refractivity contribution < 1.29 is 4.92 Å². The van der Waals surface area contributed by atoms with E-state index < -0.39 is 10.9 Å². The van der Waals surface area contributed by atoms with Gasteiger partial charge >= 0.3 is 5.95 Å². The van der Waals surface area contributed by atoms with Crippen LogP contribution < -0.4 is 5.73 Å². The van der Waals surface area contributed by atoms with Crippen LogP contribution in [0.15, 0.2) is 18.7 Å². The zero-order chi connectivity index (χ0) is 11.5. The van der Waals surface area contributed by atoms with Gasteiger partial charge in [0.2, 0.25) is 6.33 Å². The summed E-state index contributed by atoms with van der Waals surface area (Å²) in [7, 11) is 0. The molecule has 0 spiro atoms. The SMILES string of the molecule is Nc1cnc(Cn2cnc([N+](=O)[O-])n2)cn1. The minimum absolute atomic E-state index is 0.258. The molecule has 9 nitrogen and oxygen atoms in total. The molecule has 0 aliphatic carbocycles. The highest BCUT2D eigenvalue weighted by atomic mass is 16.6. The van der Waals surface area contributed by atoms with Crippen LogP contribution in [0.2, 0.25) is 0 Å². The summed E-state index contributed by atoms with van der Waals surface area (Å²) in [6.07, 6.45) is 4.14. The lowest BCUT2D eigenvalue weighted by Gasteiger charge is -1.96. The molecule has 0 aliphatic heterocycles. The van der Waals surface area contributed by atoms with Gasteiger partial charge in [-0.05, 0) is 4.92 Å². The predicted octanol–water partition coefficient (Wildman–Crippen LogP) is -0.393. The minimum atomic E-state index is -0.662. The third-order valence-corrected chi connectivity index (χ3v) is 1.74. The van der Waals surface area contributed by atoms with Gasteiger partial charge in [-0.1, -0.05) is 4.98 Å². The number of nitrogen functional groups attached to an aromatic ring is 1. The average molecular weight is 221 g/mol. The second-order valence-corrected chi connectivity index (χ2v) is 2.93. The molecule has 0 unspecified atom stereocenters. The number of hydrogen-bond acceptors (Lipinski definition) is 7. The van der Waals surface area contributed by atoms with E-state index in [9.17, 15) is 10.1 Å². The first kappa shape index (κ1) is 9.96. The van der Waals surface area contributed by atoms with E-state index in [1.54, 1.807) is 0 Å². The maximum absolute atomic E-state index is 10.3. The number of nitrogens with two attached hydrogens (primary N) is 1. The summed E-state index contributed by atoms with van der Waals surface area (Å²) in [4.78, 5) is 21.0. The highest BCUT2D eigenvalue weighted by molar-refractivity contribution is 5.22. The Morgan fingerprint density at radius 2 is 2.19 bits per heavy atom. The maximum Gasteiger partial charge on any atom is 0.490 e. The molecule has 2 N–H and O–H groups in total. The molecular formula is C7H7N7O2. The summed E-state index contributed by atoms with van der Waals surface area (Å²) in [5.41, 5.74) is 5.96. The van der Waals surface area contributed by atoms with Gasteiger partial charge in [-0.3, -0.25) is 4.98 Å². The molecule has 0 bridgehead atoms. The van der Waals surface area contributed by atoms with E-state index in [1.165, 1.54) is 23.4 Å². The second-order valence-electron chi connectivity index (χ2n) is 2.93. The van der Waals surface area contributed by atoms with E-state index in [2.05, 4.69) is 20.1 Å². The Morgan fingerprint density at radius 1 is 1.38 bits per heavy atom. The van der Waals surface area contributed by atoms with Crippen molar-refractivity contribution in [1.29, 1.82) is 0 Å². The molecule has 0 saturated heterocycles. The van der Waals surface area contributed by atoms with Crippen LogP contribution in [0.25, 0.3) is 0 Å². The smallest absolute Gasteiger partial charge is 0.390 e. The van der Waals surface area contributed by atoms with E-state index in [-0.39, 0.29) is 6.54 Å². The van der Waals surface area contributed by atoms with Crippen molar-refractivity contribution in [3.63, 3.8) is 0 Å². The number of aromatic nitrogens is 5. The molecule has 0 fully saturated rings. The van der Waals surface area contributed by atoms with Crippen LogP contribution in [0, 0.1) is 10.1 Å². The van der Waals surface area contributed by atoms with Gasteiger partial charge in [-0.15, -0.1) is 0 Å². The molecule has 2 aromatic rings. The van der Waals surface area contributed by atoms with Crippen LogP contribution in [0.1, 0.15) is 5.69 Å². The molecular weight excluding hydrogens is 214 g/mol. The van der Waals surface area contributed by atoms with Crippen LogP contribution in [0.5, 0.6) is 0 Å². The first-order valence-corrected chi connectivity index (χ1v) is 4.25. The van der Waals surface area contributed by atoms with Crippen LogP contribution in [-0.2, 0) is 6.54 Å². The van der Waals surface area contributed by atoms with Gasteiger partial charge in [0.25, 0.3) is 0 Å². The van der Waals surface area contributed by atoms with E-state index >= 15 is 0 Å². The van der Waals surface area contributed by atoms with Gasteiger partial charge in [-0.2, -0.15) is 4.68 Å². The van der Waals surface area contributed by atoms with Gasteiger partial charge in [0, 0.05) is 5.10 Å². The summed E-state index contributed by atoms with van der Waals surface area (Å²) in [6, 6.07) is 0. The summed E-state index contributed by atoms with van der Waals surface area (Å²) in [5, 5.41) is 14.0. The van der Waals surface area contributed by atoms with E-state index in [1.807, 2.05) is 0 Å². The standard InChI is InChI=1S/C7H7N7O2/c8-6-2-9-5(1-10-6)3-13-4-11-7(12-13)14(15)16/h1-2,4H,3H2,(H2,8,10). The van der Waals surface area contributed by atoms with Crippen LogP contribution in [0.3, 0.4) is 0 Å². The topological polar surface area (TPSA) is 126 Å². The van der Waals surface area contributed by atoms with Crippen molar-refractivity contribution in [3.8, 4) is 0 Å². The number of anilines is 1. The van der Waals surface area contributed by atoms with Gasteiger partial charge < -0.3 is 15.8 Å². The fraction of sp³-hybridized carbons (Fsp3) is 0.143. The van der Waals surface area contributed by atoms with Crippen LogP contribution in [-0.4, -0.2) is 29.7 Å². The molecule has 2 heterocycles. The molecule has 2 rings (SSSR count). The van der Waals surface area contributed by atoms with E-state index in [0.29, 0.717) is 11.5 Å². The minimum Gasteiger partial charge on any atom is -0.390 e. The van der Waals surface area contributed by atoms with Crippen LogP contribution >= 0.6 is 0 Å². The Morgan fingerprint density at radius 3 is 2.75 bits per heavy atom. The summed E-state index contributed by atoms with van der Waals surface area (Å²) in [6.45, 7) is 0.258. The van der Waals surface area contributed by atoms with Crippen molar-refractivity contribution in [3.05, 3.63) is 34.5 Å². The molecule has 16 heavy (non-hydrogen) atoms. The Balaban J connectivity index is 2.14. The third-order valence-electron chi connectivity index (χ3n) is 1.74. The highest BCUT2D eigenvalue weighted by Gasteiger charge is 2.13. The Kier molecular flexibility index (Phi) is 2.42. The molecule has 0 aliphatic rings. The van der Waals surface area contributed by atoms with Gasteiger partial charge in [-0.25, -0.2) is 4.98 Å². The van der Waals surface area contributed by atoms with Crippen LogP contribution in [0.4, 0.5) is 11.8 Å². The zero-order valence-corrected chi connectivity index (χ0v) is 8.02. The first-order valence-electron chi connectivity index (χ1n) is 4.25. The fourth-order valence-electron chi connectivity index (χ4n) is 1.06. The van der Waals surface area contributed by atoms with Crippen molar-refractivity contribution in [2.45, 2.75) is 6.54 Å². The van der Waals surface area contributed by atoms with Gasteiger partial charge in [0.15, 0.2) is 0 Å². The van der Waals surface area contributed by atoms with Gasteiger partial charge in [0.05, 0.1) is 18.1 Å². The molecule has 0 atom stereocenters. The lowest BCUT2D eigenvalue weighted by Crippen LogP contribution is -2.04. The number of hydrogen-bond donors (Lipinski definition) is 1. The average Bonchev–Trinajstić information content (AvgIpc) is 2.70. The molecule has 0 amide bonds. The summed E-state index contributed by atoms with van der Waals surface area (Å²) < 4.78 is 1.30. The molecule has 9 heteroatoms. The van der Waals surface area contributed by atoms with Crippen molar-refractivity contribution in [2.24, 2.45) is 0 Å². The second kappa shape index (κ2) is 3.88. The Hall–Kier alpha value is -2.58. The summed E-state index contributed by atoms with van der Waals surface area (Å²) in [5.74, 6) is -0.128. The largest absolute Gasteiger partial charge is 0.490 e. The fourth-order valence-corrected chi connectivity index (χ4v) is 1.06. The first-order chi connectivity index (χ1) is 7.65. The Bertz CT molecular complexity index is 506. The molecule has 0 saturated carbocycles. The molecule has 82 valence electrons. The van der Waals surface area contributed by atoms with Gasteiger partial charge in [0.1, 0.15) is 12.4 Å². The highest BCUT2D eigenvalue weighted by Crippen LogP contribution is 2.02. The zero-order valence-electron chi connectivity index (χ0n) is 8.02. The van der Waals surface area contributed by atoms with Crippen molar-refractivity contribution in [2.75, 3.05) is 5.73 Å². The normalized spacial score (nSPS) is 10.2. The van der Waals surface area contributed by atoms with E-state index in [4.69, 9.17) is 5.73 Å². The summed E-state index contributed by atoms with van der Waals surface area (Å²) >= 11 is 0. The number of nitro groups is 1. The molecule has 0 aromatic carbocycles. The van der Waals surface area contributed by atoms with E-state index in [0.717, 1.165) is 0 Å². The lowest BCUT2D eigenvalue weighted by atomic mass is 10.4. The number of nitrogens with zero attached hydrogens (tertiary/aromatic N) is 6. The van der Waals surface area contributed by atoms with Crippen molar-refractivity contribution >= 4 is 11.8 Å². The van der Waals surface area contributed by atoms with Crippen molar-refractivity contribution in [1.82, 2.24) is 24.7 Å². The molecule has 2 aromatic heterocycles. The predicted molar refractivity (Wildman–Crippen MR) is 52.2 cm³/mol. The Labute approximate surface area is 89.1 Å². The quantitative estimate of drug-likeness (QED) is 0.552. The lowest BCUT2D eigenvalue weighted by molar-refractivity contribution is -0.394. The monoisotopic (exact) mass is 221 g/mol. The number of rotatable bonds is 3. The maximum atomic E-state index is 10.3. The molecule has 0 radical (unpaired) electrons.